The normalized spacial score (nSPS) is 11.2. The maximum absolute atomic E-state index is 11.3. The monoisotopic (exact) mass is 279 g/mol. The van der Waals surface area contributed by atoms with Gasteiger partial charge in [-0.2, -0.15) is 0 Å². The minimum Gasteiger partial charge on any atom is -0.396 e. The molecule has 2 rings (SSSR count). The first kappa shape index (κ1) is 13.2. The summed E-state index contributed by atoms with van der Waals surface area (Å²) < 4.78 is 22.7. The van der Waals surface area contributed by atoms with Gasteiger partial charge in [-0.3, -0.25) is 0 Å². The molecule has 5 N–H and O–H groups in total. The van der Waals surface area contributed by atoms with Crippen molar-refractivity contribution in [3.05, 3.63) is 42.5 Å². The van der Waals surface area contributed by atoms with Gasteiger partial charge in [0.25, 0.3) is 0 Å². The third-order valence-electron chi connectivity index (χ3n) is 2.48. The number of primary sulfonamides is 1. The second-order valence-electron chi connectivity index (χ2n) is 3.82. The molecule has 1 heterocycles. The summed E-state index contributed by atoms with van der Waals surface area (Å²) in [6.07, 6.45) is 3.05. The summed E-state index contributed by atoms with van der Waals surface area (Å²) in [5, 5.41) is 8.08. The molecule has 7 nitrogen and oxygen atoms in total. The van der Waals surface area contributed by atoms with E-state index in [9.17, 15) is 8.42 Å². The fraction of sp³-hybridized carbons (Fsp3) is 0.0909. The van der Waals surface area contributed by atoms with Crippen LogP contribution in [0.3, 0.4) is 0 Å². The summed E-state index contributed by atoms with van der Waals surface area (Å²) in [6, 6.07) is 6.34. The lowest BCUT2D eigenvalue weighted by Gasteiger charge is -2.11. The highest BCUT2D eigenvalue weighted by Gasteiger charge is 2.14. The van der Waals surface area contributed by atoms with Gasteiger partial charge in [0.05, 0.1) is 23.6 Å². The Labute approximate surface area is 110 Å². The van der Waals surface area contributed by atoms with Crippen molar-refractivity contribution in [3.8, 4) is 0 Å². The highest BCUT2D eigenvalue weighted by Crippen LogP contribution is 2.25. The van der Waals surface area contributed by atoms with Crippen molar-refractivity contribution in [1.29, 1.82) is 0 Å². The van der Waals surface area contributed by atoms with Crippen molar-refractivity contribution in [1.82, 2.24) is 9.97 Å². The Morgan fingerprint density at radius 1 is 1.26 bits per heavy atom. The minimum absolute atomic E-state index is 0.0963. The van der Waals surface area contributed by atoms with Crippen LogP contribution in [0.1, 0.15) is 5.69 Å². The van der Waals surface area contributed by atoms with Gasteiger partial charge in [-0.15, -0.1) is 0 Å². The molecule has 0 radical (unpaired) electrons. The molecule has 0 saturated carbocycles. The minimum atomic E-state index is -3.83. The predicted molar refractivity (Wildman–Crippen MR) is 71.6 cm³/mol. The molecule has 100 valence electrons. The summed E-state index contributed by atoms with van der Waals surface area (Å²) >= 11 is 0. The van der Waals surface area contributed by atoms with Crippen LogP contribution < -0.4 is 16.2 Å². The van der Waals surface area contributed by atoms with Crippen LogP contribution >= 0.6 is 0 Å². The first-order valence-electron chi connectivity index (χ1n) is 5.38. The van der Waals surface area contributed by atoms with E-state index >= 15 is 0 Å². The zero-order valence-corrected chi connectivity index (χ0v) is 10.8. The number of benzene rings is 1. The van der Waals surface area contributed by atoms with Crippen LogP contribution in [-0.4, -0.2) is 18.4 Å². The Morgan fingerprint density at radius 3 is 2.68 bits per heavy atom. The van der Waals surface area contributed by atoms with E-state index in [0.29, 0.717) is 12.2 Å². The van der Waals surface area contributed by atoms with E-state index in [-0.39, 0.29) is 10.6 Å². The summed E-state index contributed by atoms with van der Waals surface area (Å²) in [6.45, 7) is 0.404. The van der Waals surface area contributed by atoms with Crippen LogP contribution in [0.4, 0.5) is 11.4 Å². The second-order valence-corrected chi connectivity index (χ2v) is 5.35. The number of anilines is 2. The van der Waals surface area contributed by atoms with Gasteiger partial charge in [0.1, 0.15) is 11.2 Å². The van der Waals surface area contributed by atoms with Crippen LogP contribution in [0, 0.1) is 0 Å². The van der Waals surface area contributed by atoms with E-state index < -0.39 is 10.0 Å². The molecule has 0 saturated heterocycles. The second kappa shape index (κ2) is 5.21. The number of nitrogens with zero attached hydrogens (tertiary/aromatic N) is 2. The fourth-order valence-corrected chi connectivity index (χ4v) is 2.24. The average molecular weight is 279 g/mol. The molecule has 19 heavy (non-hydrogen) atoms. The number of nitrogens with two attached hydrogens (primary N) is 2. The molecular formula is C11H13N5O2S. The van der Waals surface area contributed by atoms with E-state index in [0.717, 1.165) is 5.69 Å². The zero-order chi connectivity index (χ0) is 13.9. The van der Waals surface area contributed by atoms with Crippen molar-refractivity contribution in [3.63, 3.8) is 0 Å². The fourth-order valence-electron chi connectivity index (χ4n) is 1.55. The maximum atomic E-state index is 11.3. The van der Waals surface area contributed by atoms with Gasteiger partial charge in [-0.1, -0.05) is 6.07 Å². The Kier molecular flexibility index (Phi) is 3.63. The largest absolute Gasteiger partial charge is 0.396 e. The van der Waals surface area contributed by atoms with Crippen molar-refractivity contribution in [2.45, 2.75) is 11.4 Å². The summed E-state index contributed by atoms with van der Waals surface area (Å²) in [5.41, 5.74) is 7.13. The highest BCUT2D eigenvalue weighted by atomic mass is 32.2. The quantitative estimate of drug-likeness (QED) is 0.692. The predicted octanol–water partition coefficient (Wildman–Crippen LogP) is 0.318. The summed E-state index contributed by atoms with van der Waals surface area (Å²) in [4.78, 5) is 7.75. The van der Waals surface area contributed by atoms with Gasteiger partial charge in [-0.25, -0.2) is 23.5 Å². The van der Waals surface area contributed by atoms with Crippen LogP contribution in [-0.2, 0) is 16.6 Å². The third kappa shape index (κ3) is 3.18. The molecule has 0 aliphatic heterocycles. The molecule has 0 aliphatic carbocycles. The highest BCUT2D eigenvalue weighted by molar-refractivity contribution is 7.89. The van der Waals surface area contributed by atoms with Crippen LogP contribution in [0.25, 0.3) is 0 Å². The Balaban J connectivity index is 2.23. The lowest BCUT2D eigenvalue weighted by atomic mass is 10.2. The lowest BCUT2D eigenvalue weighted by Crippen LogP contribution is -2.15. The molecule has 0 atom stereocenters. The Morgan fingerprint density at radius 2 is 2.05 bits per heavy atom. The van der Waals surface area contributed by atoms with Crippen molar-refractivity contribution < 1.29 is 8.42 Å². The average Bonchev–Trinajstić information content (AvgIpc) is 2.37. The van der Waals surface area contributed by atoms with Gasteiger partial charge in [0, 0.05) is 6.20 Å². The molecule has 8 heteroatoms. The molecule has 1 aromatic carbocycles. The van der Waals surface area contributed by atoms with Crippen LogP contribution in [0.2, 0.25) is 0 Å². The molecular weight excluding hydrogens is 266 g/mol. The number of sulfonamides is 1. The van der Waals surface area contributed by atoms with Crippen molar-refractivity contribution in [2.75, 3.05) is 11.1 Å². The van der Waals surface area contributed by atoms with Crippen LogP contribution in [0.15, 0.2) is 41.7 Å². The molecule has 0 amide bonds. The number of hydrogen-bond donors (Lipinski definition) is 3. The third-order valence-corrected chi connectivity index (χ3v) is 3.44. The van der Waals surface area contributed by atoms with Crippen molar-refractivity contribution >= 4 is 21.4 Å². The lowest BCUT2D eigenvalue weighted by molar-refractivity contribution is 0.598. The summed E-state index contributed by atoms with van der Waals surface area (Å²) in [7, 11) is -3.83. The number of nitrogens with one attached hydrogen (secondary N) is 1. The number of nitrogen functional groups attached to an aromatic ring is 1. The SMILES string of the molecule is Nc1c(NCc2ccncn2)cccc1S(N)(=O)=O. The van der Waals surface area contributed by atoms with E-state index in [1.165, 1.54) is 12.4 Å². The molecule has 0 bridgehead atoms. The first-order valence-corrected chi connectivity index (χ1v) is 6.93. The van der Waals surface area contributed by atoms with Gasteiger partial charge in [-0.05, 0) is 18.2 Å². The zero-order valence-electron chi connectivity index (χ0n) is 9.95. The van der Waals surface area contributed by atoms with Gasteiger partial charge in [0.2, 0.25) is 10.0 Å². The standard InChI is InChI=1S/C11H13N5O2S/c12-11-9(2-1-3-10(11)19(13,17)18)15-6-8-4-5-14-7-16-8/h1-5,7,15H,6,12H2,(H2,13,17,18). The van der Waals surface area contributed by atoms with Gasteiger partial charge < -0.3 is 11.1 Å². The number of rotatable bonds is 4. The molecule has 0 fully saturated rings. The Bertz CT molecular complexity index is 673. The smallest absolute Gasteiger partial charge is 0.240 e. The van der Waals surface area contributed by atoms with E-state index in [2.05, 4.69) is 15.3 Å². The van der Waals surface area contributed by atoms with E-state index in [1.807, 2.05) is 0 Å². The molecule has 0 aliphatic rings. The maximum Gasteiger partial charge on any atom is 0.240 e. The van der Waals surface area contributed by atoms with Gasteiger partial charge in [0.15, 0.2) is 0 Å². The first-order chi connectivity index (χ1) is 8.98. The summed E-state index contributed by atoms with van der Waals surface area (Å²) in [5.74, 6) is 0. The topological polar surface area (TPSA) is 124 Å². The van der Waals surface area contributed by atoms with Crippen molar-refractivity contribution in [2.24, 2.45) is 5.14 Å². The number of hydrogen-bond acceptors (Lipinski definition) is 6. The van der Waals surface area contributed by atoms with E-state index in [1.54, 1.807) is 24.4 Å². The number of aromatic nitrogens is 2. The number of para-hydroxylation sites is 1. The Hall–Kier alpha value is -2.19. The van der Waals surface area contributed by atoms with E-state index in [4.69, 9.17) is 10.9 Å². The van der Waals surface area contributed by atoms with Gasteiger partial charge >= 0.3 is 0 Å². The molecule has 0 unspecified atom stereocenters. The van der Waals surface area contributed by atoms with Crippen LogP contribution in [0.5, 0.6) is 0 Å². The molecule has 0 spiro atoms. The molecule has 2 aromatic rings. The molecule has 1 aromatic heterocycles.